The van der Waals surface area contributed by atoms with Crippen LogP contribution >= 0.6 is 0 Å². The number of carbonyl (C=O) groups excluding carboxylic acids is 2. The highest BCUT2D eigenvalue weighted by molar-refractivity contribution is 5.86. The molecule has 8 nitrogen and oxygen atoms in total. The fourth-order valence-electron chi connectivity index (χ4n) is 2.16. The number of hydrogen-bond acceptors (Lipinski definition) is 7. The van der Waals surface area contributed by atoms with Crippen molar-refractivity contribution in [2.24, 2.45) is 0 Å². The third-order valence-corrected chi connectivity index (χ3v) is 3.28. The first-order valence-electron chi connectivity index (χ1n) is 6.99. The number of nitrogens with zero attached hydrogens (tertiary/aromatic N) is 1. The summed E-state index contributed by atoms with van der Waals surface area (Å²) in [5.41, 5.74) is 0.898. The number of oxazole rings is 1. The summed E-state index contributed by atoms with van der Waals surface area (Å²) in [7, 11) is 1.23. The van der Waals surface area contributed by atoms with E-state index < -0.39 is 17.7 Å². The smallest absolute Gasteiger partial charge is 0.420 e. The molecule has 0 aliphatic rings. The zero-order chi connectivity index (χ0) is 17.1. The van der Waals surface area contributed by atoms with E-state index in [2.05, 4.69) is 4.74 Å². The molecule has 24 heavy (non-hydrogen) atoms. The second kappa shape index (κ2) is 6.45. The molecule has 1 aromatic carbocycles. The Hall–Kier alpha value is -3.29. The van der Waals surface area contributed by atoms with Crippen LogP contribution in [-0.2, 0) is 27.4 Å². The molecule has 0 fully saturated rings. The molecule has 0 unspecified atom stereocenters. The number of benzene rings is 1. The number of para-hydroxylation sites is 2. The van der Waals surface area contributed by atoms with E-state index in [0.29, 0.717) is 11.1 Å². The number of aromatic nitrogens is 1. The molecule has 2 aromatic heterocycles. The maximum Gasteiger partial charge on any atom is 0.420 e. The van der Waals surface area contributed by atoms with Gasteiger partial charge in [-0.15, -0.1) is 0 Å². The number of carbonyl (C=O) groups is 2. The van der Waals surface area contributed by atoms with Gasteiger partial charge in [0.2, 0.25) is 5.76 Å². The van der Waals surface area contributed by atoms with E-state index in [1.807, 2.05) is 0 Å². The second-order valence-electron chi connectivity index (χ2n) is 4.84. The number of fused-ring (bicyclic) bond motifs is 1. The fourth-order valence-corrected chi connectivity index (χ4v) is 2.16. The Kier molecular flexibility index (Phi) is 4.19. The minimum absolute atomic E-state index is 0.0144. The van der Waals surface area contributed by atoms with Gasteiger partial charge >= 0.3 is 17.7 Å². The molecule has 0 radical (unpaired) electrons. The lowest BCUT2D eigenvalue weighted by Crippen LogP contribution is -2.21. The Bertz CT molecular complexity index is 947. The monoisotopic (exact) mass is 331 g/mol. The quantitative estimate of drug-likeness (QED) is 0.656. The van der Waals surface area contributed by atoms with Crippen LogP contribution in [0.5, 0.6) is 0 Å². The van der Waals surface area contributed by atoms with Crippen LogP contribution in [0.3, 0.4) is 0 Å². The normalized spacial score (nSPS) is 10.7. The van der Waals surface area contributed by atoms with Gasteiger partial charge in [0.15, 0.2) is 5.58 Å². The lowest BCUT2D eigenvalue weighted by Gasteiger charge is -2.03. The zero-order valence-corrected chi connectivity index (χ0v) is 12.7. The number of methoxy groups -OCH3 is 1. The van der Waals surface area contributed by atoms with E-state index in [1.165, 1.54) is 23.8 Å². The van der Waals surface area contributed by atoms with Crippen molar-refractivity contribution in [2.75, 3.05) is 7.11 Å². The van der Waals surface area contributed by atoms with E-state index in [1.54, 1.807) is 24.3 Å². The van der Waals surface area contributed by atoms with Crippen molar-refractivity contribution >= 4 is 23.0 Å². The number of furan rings is 1. The van der Waals surface area contributed by atoms with Crippen LogP contribution in [0, 0.1) is 0 Å². The summed E-state index contributed by atoms with van der Waals surface area (Å²) in [6, 6.07) is 9.68. The third kappa shape index (κ3) is 3.07. The zero-order valence-electron chi connectivity index (χ0n) is 12.7. The van der Waals surface area contributed by atoms with Gasteiger partial charge in [0.05, 0.1) is 12.6 Å². The molecule has 0 atom stereocenters. The first-order valence-corrected chi connectivity index (χ1v) is 6.99. The van der Waals surface area contributed by atoms with E-state index in [-0.39, 0.29) is 24.7 Å². The van der Waals surface area contributed by atoms with Gasteiger partial charge in [-0.3, -0.25) is 9.36 Å². The lowest BCUT2D eigenvalue weighted by molar-refractivity contribution is -0.146. The maximum atomic E-state index is 11.9. The minimum atomic E-state index is -0.640. The van der Waals surface area contributed by atoms with Crippen molar-refractivity contribution in [3.05, 3.63) is 58.5 Å². The summed E-state index contributed by atoms with van der Waals surface area (Å²) in [6.07, 6.45) is 0. The van der Waals surface area contributed by atoms with Crippen LogP contribution in [0.4, 0.5) is 0 Å². The number of hydrogen-bond donors (Lipinski definition) is 0. The van der Waals surface area contributed by atoms with Crippen LogP contribution in [-0.4, -0.2) is 23.6 Å². The Morgan fingerprint density at radius 2 is 1.92 bits per heavy atom. The van der Waals surface area contributed by atoms with E-state index in [9.17, 15) is 14.4 Å². The molecule has 0 bridgehead atoms. The predicted molar refractivity (Wildman–Crippen MR) is 80.3 cm³/mol. The molecule has 3 aromatic rings. The summed E-state index contributed by atoms with van der Waals surface area (Å²) in [4.78, 5) is 35.0. The molecule has 0 N–H and O–H groups in total. The average molecular weight is 331 g/mol. The summed E-state index contributed by atoms with van der Waals surface area (Å²) in [6.45, 7) is -0.458. The van der Waals surface area contributed by atoms with E-state index >= 15 is 0 Å². The van der Waals surface area contributed by atoms with Gasteiger partial charge in [0, 0.05) is 0 Å². The van der Waals surface area contributed by atoms with Gasteiger partial charge in [0.25, 0.3) is 0 Å². The molecule has 0 saturated heterocycles. The maximum absolute atomic E-state index is 11.9. The van der Waals surface area contributed by atoms with Crippen molar-refractivity contribution in [2.45, 2.75) is 13.2 Å². The van der Waals surface area contributed by atoms with Gasteiger partial charge < -0.3 is 18.3 Å². The minimum Gasteiger partial charge on any atom is -0.463 e. The molecule has 0 aliphatic heterocycles. The topological polar surface area (TPSA) is 101 Å². The first kappa shape index (κ1) is 15.6. The largest absolute Gasteiger partial charge is 0.463 e. The van der Waals surface area contributed by atoms with Gasteiger partial charge in [0.1, 0.15) is 18.9 Å². The Balaban J connectivity index is 1.65. The van der Waals surface area contributed by atoms with Crippen molar-refractivity contribution < 1.29 is 27.9 Å². The van der Waals surface area contributed by atoms with Crippen LogP contribution in [0.2, 0.25) is 0 Å². The number of ether oxygens (including phenoxy) is 2. The molecule has 0 spiro atoms. The van der Waals surface area contributed by atoms with Crippen LogP contribution in [0.25, 0.3) is 11.1 Å². The van der Waals surface area contributed by atoms with Crippen molar-refractivity contribution in [3.8, 4) is 0 Å². The average Bonchev–Trinajstić information content (AvgIpc) is 3.18. The molecule has 3 rings (SSSR count). The van der Waals surface area contributed by atoms with Crippen LogP contribution < -0.4 is 5.76 Å². The summed E-state index contributed by atoms with van der Waals surface area (Å²) >= 11 is 0. The Morgan fingerprint density at radius 3 is 2.71 bits per heavy atom. The van der Waals surface area contributed by atoms with Gasteiger partial charge in [-0.1, -0.05) is 12.1 Å². The molecule has 2 heterocycles. The molecule has 0 aliphatic carbocycles. The molecule has 8 heteroatoms. The summed E-state index contributed by atoms with van der Waals surface area (Å²) < 4.78 is 20.9. The molecular weight excluding hydrogens is 318 g/mol. The van der Waals surface area contributed by atoms with Crippen molar-refractivity contribution in [3.63, 3.8) is 0 Å². The molecular formula is C16H13NO7. The molecule has 124 valence electrons. The lowest BCUT2D eigenvalue weighted by atomic mass is 10.3. The third-order valence-electron chi connectivity index (χ3n) is 3.28. The highest BCUT2D eigenvalue weighted by Crippen LogP contribution is 2.13. The molecule has 0 saturated carbocycles. The van der Waals surface area contributed by atoms with E-state index in [0.717, 1.165) is 0 Å². The SMILES string of the molecule is COC(=O)c1ccc(COC(=O)Cn2c(=O)oc3ccccc32)o1. The molecule has 0 amide bonds. The number of esters is 2. The second-order valence-corrected chi connectivity index (χ2v) is 4.84. The van der Waals surface area contributed by atoms with Crippen LogP contribution in [0.15, 0.2) is 50.0 Å². The van der Waals surface area contributed by atoms with Crippen molar-refractivity contribution in [1.82, 2.24) is 4.57 Å². The summed E-state index contributed by atoms with van der Waals surface area (Å²) in [5.74, 6) is -1.60. The van der Waals surface area contributed by atoms with E-state index in [4.69, 9.17) is 13.6 Å². The highest BCUT2D eigenvalue weighted by atomic mass is 16.6. The predicted octanol–water partition coefficient (Wildman–Crippen LogP) is 1.72. The van der Waals surface area contributed by atoms with Gasteiger partial charge in [-0.25, -0.2) is 9.59 Å². The number of rotatable bonds is 5. The van der Waals surface area contributed by atoms with Gasteiger partial charge in [-0.05, 0) is 24.3 Å². The van der Waals surface area contributed by atoms with Crippen LogP contribution in [0.1, 0.15) is 16.3 Å². The van der Waals surface area contributed by atoms with Gasteiger partial charge in [-0.2, -0.15) is 0 Å². The first-order chi connectivity index (χ1) is 11.6. The van der Waals surface area contributed by atoms with Crippen molar-refractivity contribution in [1.29, 1.82) is 0 Å². The highest BCUT2D eigenvalue weighted by Gasteiger charge is 2.15. The fraction of sp³-hybridized carbons (Fsp3) is 0.188. The Morgan fingerprint density at radius 1 is 1.12 bits per heavy atom. The summed E-state index contributed by atoms with van der Waals surface area (Å²) in [5, 5.41) is 0. The Labute approximate surface area is 135 Å². The standard InChI is InChI=1S/C16H13NO7/c1-21-15(19)13-7-6-10(23-13)9-22-14(18)8-17-11-4-2-3-5-12(11)24-16(17)20/h2-7H,8-9H2,1H3.